The van der Waals surface area contributed by atoms with Crippen LogP contribution in [0.25, 0.3) is 0 Å². The van der Waals surface area contributed by atoms with E-state index in [1.807, 2.05) is 12.1 Å². The zero-order valence-corrected chi connectivity index (χ0v) is 19.1. The SMILES string of the molecule is CN(C(=S)c1ccccc1)N(CN(N(C)C(=S)c1ccccc1)[P+](=O)O)[P+](=O)O. The maximum atomic E-state index is 12.0. The van der Waals surface area contributed by atoms with Crippen LogP contribution in [0.4, 0.5) is 0 Å². The molecule has 0 aliphatic rings. The van der Waals surface area contributed by atoms with Crippen LogP contribution >= 0.6 is 40.8 Å². The molecule has 0 saturated carbocycles. The zero-order chi connectivity index (χ0) is 21.6. The van der Waals surface area contributed by atoms with Gasteiger partial charge in [-0.3, -0.25) is 10.0 Å². The lowest BCUT2D eigenvalue weighted by molar-refractivity contribution is 0.0543. The summed E-state index contributed by atoms with van der Waals surface area (Å²) >= 11 is 10.8. The van der Waals surface area contributed by atoms with Gasteiger partial charge < -0.3 is 0 Å². The third-order valence-corrected chi connectivity index (χ3v) is 6.55. The lowest BCUT2D eigenvalue weighted by Crippen LogP contribution is -2.48. The maximum absolute atomic E-state index is 12.0. The Morgan fingerprint density at radius 1 is 0.759 bits per heavy atom. The van der Waals surface area contributed by atoms with Crippen LogP contribution in [-0.2, 0) is 9.13 Å². The fourth-order valence-electron chi connectivity index (χ4n) is 2.39. The minimum Gasteiger partial charge on any atom is -0.255 e. The van der Waals surface area contributed by atoms with E-state index in [9.17, 15) is 18.9 Å². The summed E-state index contributed by atoms with van der Waals surface area (Å²) in [5.41, 5.74) is 1.33. The van der Waals surface area contributed by atoms with Crippen LogP contribution in [0.5, 0.6) is 0 Å². The first-order valence-electron chi connectivity index (χ1n) is 8.27. The van der Waals surface area contributed by atoms with Crippen molar-refractivity contribution in [2.75, 3.05) is 20.8 Å². The number of thiocarbonyl (C=S) groups is 2. The lowest BCUT2D eigenvalue weighted by atomic mass is 10.2. The molecule has 2 aromatic rings. The number of nitrogens with zero attached hydrogens (tertiary/aromatic N) is 4. The van der Waals surface area contributed by atoms with Crippen molar-refractivity contribution in [3.8, 4) is 0 Å². The molecule has 0 saturated heterocycles. The lowest BCUT2D eigenvalue weighted by Gasteiger charge is -2.28. The van der Waals surface area contributed by atoms with Crippen molar-refractivity contribution in [1.29, 1.82) is 0 Å². The number of benzene rings is 2. The Morgan fingerprint density at radius 3 is 1.34 bits per heavy atom. The normalized spacial score (nSPS) is 11.9. The van der Waals surface area contributed by atoms with Crippen molar-refractivity contribution >= 4 is 50.8 Å². The van der Waals surface area contributed by atoms with Gasteiger partial charge in [-0.05, 0) is 9.13 Å². The molecule has 0 heterocycles. The number of hydrogen-bond donors (Lipinski definition) is 2. The van der Waals surface area contributed by atoms with Gasteiger partial charge in [0.15, 0.2) is 6.67 Å². The molecule has 152 valence electrons. The highest BCUT2D eigenvalue weighted by molar-refractivity contribution is 7.81. The summed E-state index contributed by atoms with van der Waals surface area (Å²) in [5, 5.41) is 2.60. The van der Waals surface area contributed by atoms with Crippen molar-refractivity contribution in [1.82, 2.24) is 19.6 Å². The highest BCUT2D eigenvalue weighted by atomic mass is 32.1. The molecular weight excluding hydrogens is 450 g/mol. The summed E-state index contributed by atoms with van der Waals surface area (Å²) in [6.07, 6.45) is 0. The molecular formula is C17H20N4O4P2S2+2. The van der Waals surface area contributed by atoms with Crippen LogP contribution in [-0.4, -0.2) is 60.1 Å². The van der Waals surface area contributed by atoms with E-state index in [-0.39, 0.29) is 9.98 Å². The third kappa shape index (κ3) is 6.12. The van der Waals surface area contributed by atoms with Crippen LogP contribution in [0.2, 0.25) is 0 Å². The van der Waals surface area contributed by atoms with Gasteiger partial charge in [0.2, 0.25) is 0 Å². The second-order valence-electron chi connectivity index (χ2n) is 5.78. The van der Waals surface area contributed by atoms with Crippen LogP contribution in [0, 0.1) is 0 Å². The first-order chi connectivity index (χ1) is 13.7. The molecule has 0 aliphatic heterocycles. The summed E-state index contributed by atoms with van der Waals surface area (Å²) in [6, 6.07) is 17.9. The molecule has 0 spiro atoms. The summed E-state index contributed by atoms with van der Waals surface area (Å²) in [4.78, 5) is 20.2. The first-order valence-corrected chi connectivity index (χ1v) is 11.4. The van der Waals surface area contributed by atoms with Gasteiger partial charge in [0.25, 0.3) is 0 Å². The highest BCUT2D eigenvalue weighted by Gasteiger charge is 2.43. The average Bonchev–Trinajstić information content (AvgIpc) is 2.73. The summed E-state index contributed by atoms with van der Waals surface area (Å²) in [5.74, 6) is 0. The molecule has 8 nitrogen and oxygen atoms in total. The van der Waals surface area contributed by atoms with Gasteiger partial charge in [0, 0.05) is 34.8 Å². The zero-order valence-electron chi connectivity index (χ0n) is 15.7. The Labute approximate surface area is 181 Å². The number of hydrazine groups is 2. The standard InChI is InChI=1S/C17H18N4O4P2S2/c1-18(16(28)14-9-5-3-6-10-14)20(26(22)23)13-21(27(24)25)19(2)17(29)15-11-7-4-8-12-15/h3-12H,13H2,1-2H3/p+2. The molecule has 0 fully saturated rings. The molecule has 0 radical (unpaired) electrons. The number of rotatable bonds is 8. The highest BCUT2D eigenvalue weighted by Crippen LogP contribution is 2.31. The van der Waals surface area contributed by atoms with Crippen molar-refractivity contribution in [2.24, 2.45) is 0 Å². The molecule has 2 N–H and O–H groups in total. The fourth-order valence-corrected chi connectivity index (χ4v) is 4.17. The molecule has 0 amide bonds. The molecule has 0 bridgehead atoms. The van der Waals surface area contributed by atoms with Crippen LogP contribution in [0.15, 0.2) is 60.7 Å². The molecule has 0 aromatic heterocycles. The van der Waals surface area contributed by atoms with Crippen molar-refractivity contribution in [2.45, 2.75) is 0 Å². The Balaban J connectivity index is 2.25. The largest absolute Gasteiger partial charge is 0.634 e. The van der Waals surface area contributed by atoms with Crippen LogP contribution in [0.1, 0.15) is 11.1 Å². The molecule has 2 unspecified atom stereocenters. The smallest absolute Gasteiger partial charge is 0.255 e. The average molecular weight is 470 g/mol. The molecule has 29 heavy (non-hydrogen) atoms. The molecule has 0 aliphatic carbocycles. The van der Waals surface area contributed by atoms with E-state index in [0.717, 1.165) is 9.56 Å². The second kappa shape index (κ2) is 10.9. The topological polar surface area (TPSA) is 87.6 Å². The Bertz CT molecular complexity index is 831. The van der Waals surface area contributed by atoms with Gasteiger partial charge in [-0.1, -0.05) is 85.1 Å². The Kier molecular flexibility index (Phi) is 8.82. The van der Waals surface area contributed by atoms with E-state index < -0.39 is 23.0 Å². The van der Waals surface area contributed by atoms with Gasteiger partial charge in [-0.25, -0.2) is 0 Å². The minimum atomic E-state index is -2.91. The predicted molar refractivity (Wildman–Crippen MR) is 120 cm³/mol. The monoisotopic (exact) mass is 470 g/mol. The molecule has 2 atom stereocenters. The summed E-state index contributed by atoms with van der Waals surface area (Å²) in [6.45, 7) is -0.398. The number of hydrogen-bond acceptors (Lipinski definition) is 4. The van der Waals surface area contributed by atoms with Gasteiger partial charge in [-0.2, -0.15) is 0 Å². The van der Waals surface area contributed by atoms with Gasteiger partial charge in [0.05, 0.1) is 0 Å². The van der Waals surface area contributed by atoms with Crippen molar-refractivity contribution < 1.29 is 18.9 Å². The minimum absolute atomic E-state index is 0.282. The van der Waals surface area contributed by atoms with E-state index in [1.165, 1.54) is 24.1 Å². The van der Waals surface area contributed by atoms with E-state index >= 15 is 0 Å². The van der Waals surface area contributed by atoms with Crippen LogP contribution in [0.3, 0.4) is 0 Å². The maximum Gasteiger partial charge on any atom is 0.634 e. The third-order valence-electron chi connectivity index (χ3n) is 3.97. The van der Waals surface area contributed by atoms with Gasteiger partial charge in [-0.15, -0.1) is 9.79 Å². The molecule has 12 heteroatoms. The van der Waals surface area contributed by atoms with Crippen molar-refractivity contribution in [3.05, 3.63) is 71.8 Å². The summed E-state index contributed by atoms with van der Waals surface area (Å²) in [7, 11) is -2.80. The first kappa shape index (κ1) is 23.5. The van der Waals surface area contributed by atoms with Gasteiger partial charge >= 0.3 is 16.4 Å². The van der Waals surface area contributed by atoms with E-state index in [1.54, 1.807) is 48.5 Å². The van der Waals surface area contributed by atoms with Crippen LogP contribution < -0.4 is 0 Å². The molecule has 2 aromatic carbocycles. The Hall–Kier alpha value is -1.74. The fraction of sp³-hybridized carbons (Fsp3) is 0.176. The van der Waals surface area contributed by atoms with E-state index in [2.05, 4.69) is 0 Å². The predicted octanol–water partition coefficient (Wildman–Crippen LogP) is 3.29. The quantitative estimate of drug-likeness (QED) is 0.259. The Morgan fingerprint density at radius 2 is 1.07 bits per heavy atom. The van der Waals surface area contributed by atoms with E-state index in [0.29, 0.717) is 11.1 Å². The molecule has 2 rings (SSSR count). The van der Waals surface area contributed by atoms with Gasteiger partial charge in [0.1, 0.15) is 9.98 Å². The van der Waals surface area contributed by atoms with Crippen molar-refractivity contribution in [3.63, 3.8) is 0 Å². The van der Waals surface area contributed by atoms with E-state index in [4.69, 9.17) is 24.4 Å². The second-order valence-corrected chi connectivity index (χ2v) is 8.49. The summed E-state index contributed by atoms with van der Waals surface area (Å²) < 4.78 is 26.0.